The molecule has 10 heteroatoms. The molecule has 1 aromatic heterocycles. The molecule has 0 amide bonds. The number of unbranched alkanes of at least 4 members (excludes halogenated alkanes) is 1. The van der Waals surface area contributed by atoms with Crippen LogP contribution in [0.2, 0.25) is 0 Å². The van der Waals surface area contributed by atoms with Crippen molar-refractivity contribution in [2.24, 2.45) is 5.92 Å². The number of thiophene rings is 1. The Bertz CT molecular complexity index is 1240. The summed E-state index contributed by atoms with van der Waals surface area (Å²) in [4.78, 5) is 12.8. The lowest BCUT2D eigenvalue weighted by Crippen LogP contribution is -2.24. The zero-order chi connectivity index (χ0) is 24.9. The van der Waals surface area contributed by atoms with Crippen molar-refractivity contribution in [2.45, 2.75) is 38.0 Å². The van der Waals surface area contributed by atoms with Gasteiger partial charge < -0.3 is 11.1 Å². The highest BCUT2D eigenvalue weighted by molar-refractivity contribution is 7.89. The van der Waals surface area contributed by atoms with E-state index in [1.54, 1.807) is 12.1 Å². The van der Waals surface area contributed by atoms with E-state index in [0.717, 1.165) is 42.7 Å². The van der Waals surface area contributed by atoms with E-state index in [4.69, 9.17) is 5.73 Å². The smallest absolute Gasteiger partial charge is 0.240 e. The van der Waals surface area contributed by atoms with Gasteiger partial charge in [-0.15, -0.1) is 11.3 Å². The maximum absolute atomic E-state index is 14.0. The third-order valence-electron chi connectivity index (χ3n) is 5.09. The zero-order valence-electron chi connectivity index (χ0n) is 18.9. The molecule has 6 nitrogen and oxygen atoms in total. The molecule has 3 aromatic rings. The summed E-state index contributed by atoms with van der Waals surface area (Å²) in [5.74, 6) is -2.17. The Morgan fingerprint density at radius 3 is 2.32 bits per heavy atom. The Kier molecular flexibility index (Phi) is 8.40. The first-order valence-corrected chi connectivity index (χ1v) is 13.1. The van der Waals surface area contributed by atoms with Crippen LogP contribution in [0.4, 0.5) is 25.2 Å². The van der Waals surface area contributed by atoms with Crippen LogP contribution in [0.1, 0.15) is 48.3 Å². The monoisotopic (exact) mass is 507 g/mol. The van der Waals surface area contributed by atoms with E-state index < -0.39 is 33.0 Å². The number of benzene rings is 2. The lowest BCUT2D eigenvalue weighted by Gasteiger charge is -2.09. The molecule has 0 bridgehead atoms. The normalized spacial score (nSPS) is 11.7. The van der Waals surface area contributed by atoms with Gasteiger partial charge in [-0.3, -0.25) is 4.79 Å². The van der Waals surface area contributed by atoms with Crippen molar-refractivity contribution in [3.8, 4) is 0 Å². The molecule has 1 heterocycles. The highest BCUT2D eigenvalue weighted by Gasteiger charge is 2.23. The van der Waals surface area contributed by atoms with Gasteiger partial charge in [0.2, 0.25) is 15.8 Å². The summed E-state index contributed by atoms with van der Waals surface area (Å²) in [6, 6.07) is 10.8. The first-order valence-electron chi connectivity index (χ1n) is 10.8. The van der Waals surface area contributed by atoms with Gasteiger partial charge in [0.25, 0.3) is 0 Å². The molecule has 0 spiro atoms. The minimum Gasteiger partial charge on any atom is -0.397 e. The Morgan fingerprint density at radius 1 is 1.06 bits per heavy atom. The van der Waals surface area contributed by atoms with Crippen molar-refractivity contribution in [2.75, 3.05) is 17.6 Å². The molecule has 182 valence electrons. The number of nitrogens with two attached hydrogens (primary N) is 1. The predicted octanol–water partition coefficient (Wildman–Crippen LogP) is 5.69. The maximum atomic E-state index is 14.0. The summed E-state index contributed by atoms with van der Waals surface area (Å²) >= 11 is 0.952. The van der Waals surface area contributed by atoms with Crippen LogP contribution in [-0.4, -0.2) is 20.7 Å². The van der Waals surface area contributed by atoms with Gasteiger partial charge in [0, 0.05) is 12.2 Å². The molecule has 0 fully saturated rings. The van der Waals surface area contributed by atoms with Crippen molar-refractivity contribution in [1.29, 1.82) is 0 Å². The van der Waals surface area contributed by atoms with Crippen LogP contribution in [0.3, 0.4) is 0 Å². The number of nitrogens with one attached hydrogen (secondary N) is 2. The van der Waals surface area contributed by atoms with Crippen molar-refractivity contribution >= 4 is 43.5 Å². The number of hydrogen-bond donors (Lipinski definition) is 3. The van der Waals surface area contributed by atoms with E-state index in [-0.39, 0.29) is 15.5 Å². The Labute approximate surface area is 202 Å². The van der Waals surface area contributed by atoms with Crippen molar-refractivity contribution in [3.05, 3.63) is 70.6 Å². The van der Waals surface area contributed by atoms with Gasteiger partial charge in [0.15, 0.2) is 0 Å². The molecule has 0 saturated heterocycles. The van der Waals surface area contributed by atoms with Gasteiger partial charge in [0.1, 0.15) is 16.5 Å². The number of ketones is 1. The molecule has 0 saturated carbocycles. The number of rotatable bonds is 11. The van der Waals surface area contributed by atoms with Crippen LogP contribution in [0.5, 0.6) is 0 Å². The summed E-state index contributed by atoms with van der Waals surface area (Å²) < 4.78 is 55.5. The number of carbonyl (C=O) groups excluding carboxylic acids is 1. The van der Waals surface area contributed by atoms with E-state index in [1.165, 1.54) is 24.3 Å². The Balaban J connectivity index is 1.66. The number of carbonyl (C=O) groups is 1. The fourth-order valence-corrected chi connectivity index (χ4v) is 5.32. The number of halogens is 2. The standard InChI is InChI=1S/C24H27F2N3O3S2/c1-15(2)6-3-4-13-28-34(31,32)17-11-9-16(10-12-17)29-21-14-20(27)24(33-21)23(30)22-18(25)7-5-8-19(22)26/h5,7-12,14-15,28-29H,3-4,6,13,27H2,1-2H3. The average molecular weight is 508 g/mol. The lowest BCUT2D eigenvalue weighted by atomic mass is 10.1. The average Bonchev–Trinajstić information content (AvgIpc) is 3.13. The van der Waals surface area contributed by atoms with Crippen molar-refractivity contribution in [1.82, 2.24) is 4.72 Å². The Morgan fingerprint density at radius 2 is 1.71 bits per heavy atom. The van der Waals surface area contributed by atoms with Crippen molar-refractivity contribution < 1.29 is 22.0 Å². The third kappa shape index (κ3) is 6.40. The molecule has 0 unspecified atom stereocenters. The van der Waals surface area contributed by atoms with E-state index >= 15 is 0 Å². The minimum atomic E-state index is -3.61. The van der Waals surface area contributed by atoms with Crippen molar-refractivity contribution in [3.63, 3.8) is 0 Å². The van der Waals surface area contributed by atoms with Crippen LogP contribution >= 0.6 is 11.3 Å². The molecule has 2 aromatic carbocycles. The number of anilines is 3. The highest BCUT2D eigenvalue weighted by Crippen LogP contribution is 2.34. The first-order chi connectivity index (χ1) is 16.1. The quantitative estimate of drug-likeness (QED) is 0.229. The number of sulfonamides is 1. The van der Waals surface area contributed by atoms with Crippen LogP contribution in [0.25, 0.3) is 0 Å². The maximum Gasteiger partial charge on any atom is 0.240 e. The van der Waals surface area contributed by atoms with Crippen LogP contribution in [0, 0.1) is 17.6 Å². The van der Waals surface area contributed by atoms with E-state index in [0.29, 0.717) is 23.2 Å². The van der Waals surface area contributed by atoms with Gasteiger partial charge >= 0.3 is 0 Å². The highest BCUT2D eigenvalue weighted by atomic mass is 32.2. The van der Waals surface area contributed by atoms with E-state index in [2.05, 4.69) is 23.9 Å². The summed E-state index contributed by atoms with van der Waals surface area (Å²) in [5, 5.41) is 3.50. The third-order valence-corrected chi connectivity index (χ3v) is 7.63. The van der Waals surface area contributed by atoms with Gasteiger partial charge in [0.05, 0.1) is 21.1 Å². The molecule has 0 aliphatic heterocycles. The molecule has 3 rings (SSSR count). The summed E-state index contributed by atoms with van der Waals surface area (Å²) in [6.45, 7) is 4.64. The number of nitrogen functional groups attached to an aromatic ring is 1. The molecular weight excluding hydrogens is 480 g/mol. The lowest BCUT2D eigenvalue weighted by molar-refractivity contribution is 0.103. The van der Waals surface area contributed by atoms with Crippen LogP contribution < -0.4 is 15.8 Å². The largest absolute Gasteiger partial charge is 0.397 e. The van der Waals surface area contributed by atoms with E-state index in [9.17, 15) is 22.0 Å². The molecule has 0 atom stereocenters. The fourth-order valence-electron chi connectivity index (χ4n) is 3.30. The SMILES string of the molecule is CC(C)CCCCNS(=O)(=O)c1ccc(Nc2cc(N)c(C(=O)c3c(F)cccc3F)s2)cc1. The second-order valence-electron chi connectivity index (χ2n) is 8.26. The fraction of sp³-hybridized carbons (Fsp3) is 0.292. The molecule has 0 radical (unpaired) electrons. The summed E-state index contributed by atoms with van der Waals surface area (Å²) in [5.41, 5.74) is 5.91. The summed E-state index contributed by atoms with van der Waals surface area (Å²) in [6.07, 6.45) is 2.79. The minimum absolute atomic E-state index is 0.00682. The predicted molar refractivity (Wildman–Crippen MR) is 132 cm³/mol. The van der Waals surface area contributed by atoms with Gasteiger partial charge in [-0.05, 0) is 54.8 Å². The van der Waals surface area contributed by atoms with Gasteiger partial charge in [-0.25, -0.2) is 21.9 Å². The Hall–Kier alpha value is -2.82. The topological polar surface area (TPSA) is 101 Å². The molecular formula is C24H27F2N3O3S2. The second-order valence-corrected chi connectivity index (χ2v) is 11.1. The number of hydrogen-bond acceptors (Lipinski definition) is 6. The van der Waals surface area contributed by atoms with Gasteiger partial charge in [-0.1, -0.05) is 32.8 Å². The second kappa shape index (κ2) is 11.1. The molecule has 0 aliphatic carbocycles. The zero-order valence-corrected chi connectivity index (χ0v) is 20.5. The molecule has 4 N–H and O–H groups in total. The summed E-state index contributed by atoms with van der Waals surface area (Å²) in [7, 11) is -3.61. The van der Waals surface area contributed by atoms with Crippen LogP contribution in [-0.2, 0) is 10.0 Å². The molecule has 34 heavy (non-hydrogen) atoms. The van der Waals surface area contributed by atoms with Gasteiger partial charge in [-0.2, -0.15) is 0 Å². The first kappa shape index (κ1) is 25.8. The van der Waals surface area contributed by atoms with E-state index in [1.807, 2.05) is 0 Å². The molecule has 0 aliphatic rings. The van der Waals surface area contributed by atoms with Crippen LogP contribution in [0.15, 0.2) is 53.4 Å².